The molecule has 0 saturated heterocycles. The molecule has 0 heterocycles. The van der Waals surface area contributed by atoms with Crippen molar-refractivity contribution in [2.75, 3.05) is 11.5 Å². The highest BCUT2D eigenvalue weighted by Gasteiger charge is 2.16. The van der Waals surface area contributed by atoms with Gasteiger partial charge in [-0.1, -0.05) is 6.92 Å². The number of amides is 1. The van der Waals surface area contributed by atoms with Crippen LogP contribution in [0.4, 0.5) is 0 Å². The molecule has 0 spiro atoms. The molecule has 16 heavy (non-hydrogen) atoms. The van der Waals surface area contributed by atoms with Crippen molar-refractivity contribution in [1.82, 2.24) is 5.32 Å². The minimum absolute atomic E-state index is 0.0633. The van der Waals surface area contributed by atoms with Gasteiger partial charge in [0.15, 0.2) is 0 Å². The number of nitrogens with one attached hydrogen (secondary N) is 1. The lowest BCUT2D eigenvalue weighted by Crippen LogP contribution is -2.45. The molecular formula is C10H20N2O3S. The summed E-state index contributed by atoms with van der Waals surface area (Å²) in [5.74, 6) is 0.641. The number of aliphatic carboxylic acids is 1. The number of carbonyl (C=O) groups excluding carboxylic acids is 1. The molecule has 0 fully saturated rings. The Balaban J connectivity index is 3.81. The minimum atomic E-state index is -0.933. The summed E-state index contributed by atoms with van der Waals surface area (Å²) < 4.78 is 0. The fourth-order valence-corrected chi connectivity index (χ4v) is 1.77. The van der Waals surface area contributed by atoms with E-state index in [9.17, 15) is 9.59 Å². The highest BCUT2D eigenvalue weighted by atomic mass is 32.2. The van der Waals surface area contributed by atoms with Crippen molar-refractivity contribution in [3.63, 3.8) is 0 Å². The number of carbonyl (C=O) groups is 2. The number of nitrogens with two attached hydrogens (primary N) is 1. The highest BCUT2D eigenvalue weighted by Crippen LogP contribution is 2.02. The number of carboxylic acids is 1. The zero-order valence-corrected chi connectivity index (χ0v) is 10.5. The lowest BCUT2D eigenvalue weighted by Gasteiger charge is -2.16. The zero-order chi connectivity index (χ0) is 12.6. The van der Waals surface area contributed by atoms with Gasteiger partial charge < -0.3 is 16.2 Å². The van der Waals surface area contributed by atoms with Gasteiger partial charge in [0, 0.05) is 18.2 Å². The molecule has 4 N–H and O–H groups in total. The lowest BCUT2D eigenvalue weighted by atomic mass is 10.1. The second-order valence-corrected chi connectivity index (χ2v) is 4.93. The summed E-state index contributed by atoms with van der Waals surface area (Å²) in [6.45, 7) is 3.96. The van der Waals surface area contributed by atoms with Gasteiger partial charge in [-0.15, -0.1) is 0 Å². The number of thioether (sulfide) groups is 1. The maximum Gasteiger partial charge on any atom is 0.303 e. The van der Waals surface area contributed by atoms with E-state index in [1.54, 1.807) is 11.8 Å². The summed E-state index contributed by atoms with van der Waals surface area (Å²) in [6.07, 6.45) is 0.0987. The normalized spacial score (nSPS) is 14.2. The fraction of sp³-hybridized carbons (Fsp3) is 0.800. The smallest absolute Gasteiger partial charge is 0.303 e. The summed E-state index contributed by atoms with van der Waals surface area (Å²) in [5.41, 5.74) is 5.56. The summed E-state index contributed by atoms with van der Waals surface area (Å²) in [7, 11) is 0. The predicted molar refractivity (Wildman–Crippen MR) is 65.4 cm³/mol. The third kappa shape index (κ3) is 7.53. The van der Waals surface area contributed by atoms with E-state index >= 15 is 0 Å². The maximum absolute atomic E-state index is 11.5. The summed E-state index contributed by atoms with van der Waals surface area (Å²) in [4.78, 5) is 21.8. The largest absolute Gasteiger partial charge is 0.481 e. The topological polar surface area (TPSA) is 92.4 Å². The second-order valence-electron chi connectivity index (χ2n) is 3.61. The molecule has 2 atom stereocenters. The summed E-state index contributed by atoms with van der Waals surface area (Å²) >= 11 is 1.74. The number of hydrogen-bond acceptors (Lipinski definition) is 4. The molecule has 0 radical (unpaired) electrons. The Morgan fingerprint density at radius 3 is 2.62 bits per heavy atom. The second kappa shape index (κ2) is 8.41. The molecular weight excluding hydrogens is 228 g/mol. The van der Waals surface area contributed by atoms with Crippen LogP contribution in [0, 0.1) is 0 Å². The monoisotopic (exact) mass is 248 g/mol. The van der Waals surface area contributed by atoms with E-state index in [-0.39, 0.29) is 24.8 Å². The van der Waals surface area contributed by atoms with Crippen LogP contribution in [0.15, 0.2) is 0 Å². The highest BCUT2D eigenvalue weighted by molar-refractivity contribution is 7.99. The van der Waals surface area contributed by atoms with E-state index in [0.29, 0.717) is 0 Å². The Kier molecular flexibility index (Phi) is 8.01. The Hall–Kier alpha value is -0.750. The molecule has 2 unspecified atom stereocenters. The molecule has 0 aliphatic carbocycles. The molecule has 0 saturated carbocycles. The maximum atomic E-state index is 11.5. The van der Waals surface area contributed by atoms with Crippen LogP contribution in [-0.2, 0) is 9.59 Å². The molecule has 0 rings (SSSR count). The molecule has 5 nitrogen and oxygen atoms in total. The number of hydrogen-bond donors (Lipinski definition) is 3. The van der Waals surface area contributed by atoms with Crippen molar-refractivity contribution < 1.29 is 14.7 Å². The van der Waals surface area contributed by atoms with Gasteiger partial charge in [0.25, 0.3) is 0 Å². The lowest BCUT2D eigenvalue weighted by molar-refractivity contribution is -0.137. The van der Waals surface area contributed by atoms with Gasteiger partial charge in [0.2, 0.25) is 5.91 Å². The van der Waals surface area contributed by atoms with Gasteiger partial charge in [-0.05, 0) is 19.1 Å². The van der Waals surface area contributed by atoms with E-state index in [0.717, 1.165) is 11.5 Å². The Morgan fingerprint density at radius 1 is 1.50 bits per heavy atom. The number of rotatable bonds is 8. The van der Waals surface area contributed by atoms with Gasteiger partial charge >= 0.3 is 5.97 Å². The Labute approximate surface area is 100 Å². The first kappa shape index (κ1) is 15.2. The first-order valence-electron chi connectivity index (χ1n) is 5.32. The minimum Gasteiger partial charge on any atom is -0.481 e. The molecule has 0 aromatic rings. The standard InChI is InChI=1S/C10H20N2O3S/c1-3-16-6-7(2)12-10(15)8(11)4-5-9(13)14/h7-8H,3-6,11H2,1-2H3,(H,12,15)(H,13,14). The fourth-order valence-electron chi connectivity index (χ4n) is 1.10. The van der Waals surface area contributed by atoms with Crippen molar-refractivity contribution in [1.29, 1.82) is 0 Å². The van der Waals surface area contributed by atoms with Crippen LogP contribution in [0.1, 0.15) is 26.7 Å². The van der Waals surface area contributed by atoms with E-state index in [2.05, 4.69) is 12.2 Å². The van der Waals surface area contributed by atoms with Crippen LogP contribution in [-0.4, -0.2) is 40.6 Å². The van der Waals surface area contributed by atoms with Gasteiger partial charge in [-0.2, -0.15) is 11.8 Å². The van der Waals surface area contributed by atoms with Gasteiger partial charge in [0.1, 0.15) is 0 Å². The first-order valence-corrected chi connectivity index (χ1v) is 6.48. The van der Waals surface area contributed by atoms with Crippen molar-refractivity contribution in [2.45, 2.75) is 38.8 Å². The third-order valence-corrected chi connectivity index (χ3v) is 3.11. The third-order valence-electron chi connectivity index (χ3n) is 1.97. The van der Waals surface area contributed by atoms with Gasteiger partial charge in [0.05, 0.1) is 6.04 Å². The summed E-state index contributed by atoms with van der Waals surface area (Å²) in [5, 5.41) is 11.2. The van der Waals surface area contributed by atoms with Crippen LogP contribution in [0.3, 0.4) is 0 Å². The molecule has 0 aliphatic rings. The SMILES string of the molecule is CCSCC(C)NC(=O)C(N)CCC(=O)O. The van der Waals surface area contributed by atoms with Crippen molar-refractivity contribution >= 4 is 23.6 Å². The average molecular weight is 248 g/mol. The molecule has 6 heteroatoms. The number of carboxylic acid groups (broad SMARTS) is 1. The van der Waals surface area contributed by atoms with Crippen LogP contribution in [0.5, 0.6) is 0 Å². The van der Waals surface area contributed by atoms with Gasteiger partial charge in [-0.3, -0.25) is 9.59 Å². The average Bonchev–Trinajstić information content (AvgIpc) is 2.22. The van der Waals surface area contributed by atoms with Crippen LogP contribution < -0.4 is 11.1 Å². The Morgan fingerprint density at radius 2 is 2.12 bits per heavy atom. The van der Waals surface area contributed by atoms with E-state index in [4.69, 9.17) is 10.8 Å². The van der Waals surface area contributed by atoms with Crippen molar-refractivity contribution in [2.24, 2.45) is 5.73 Å². The van der Waals surface area contributed by atoms with Crippen molar-refractivity contribution in [3.8, 4) is 0 Å². The zero-order valence-electron chi connectivity index (χ0n) is 9.73. The molecule has 0 aromatic carbocycles. The predicted octanol–water partition coefficient (Wildman–Crippen LogP) is 0.436. The quantitative estimate of drug-likeness (QED) is 0.579. The molecule has 1 amide bonds. The molecule has 0 bridgehead atoms. The van der Waals surface area contributed by atoms with Gasteiger partial charge in [-0.25, -0.2) is 0 Å². The molecule has 0 aromatic heterocycles. The Bertz CT molecular complexity index is 236. The van der Waals surface area contributed by atoms with E-state index in [1.165, 1.54) is 0 Å². The van der Waals surface area contributed by atoms with Crippen LogP contribution >= 0.6 is 11.8 Å². The van der Waals surface area contributed by atoms with Crippen LogP contribution in [0.2, 0.25) is 0 Å². The first-order chi connectivity index (χ1) is 7.47. The van der Waals surface area contributed by atoms with E-state index in [1.807, 2.05) is 6.92 Å². The summed E-state index contributed by atoms with van der Waals surface area (Å²) in [6, 6.07) is -0.668. The van der Waals surface area contributed by atoms with Crippen LogP contribution in [0.25, 0.3) is 0 Å². The molecule has 0 aliphatic heterocycles. The molecule has 94 valence electrons. The van der Waals surface area contributed by atoms with Crippen molar-refractivity contribution in [3.05, 3.63) is 0 Å². The van der Waals surface area contributed by atoms with E-state index < -0.39 is 12.0 Å².